The highest BCUT2D eigenvalue weighted by Crippen LogP contribution is 2.25. The van der Waals surface area contributed by atoms with Gasteiger partial charge in [-0.25, -0.2) is 0 Å². The van der Waals surface area contributed by atoms with Gasteiger partial charge in [0.1, 0.15) is 11.9 Å². The van der Waals surface area contributed by atoms with Crippen molar-refractivity contribution in [1.82, 2.24) is 5.48 Å². The summed E-state index contributed by atoms with van der Waals surface area (Å²) in [6.45, 7) is 1.15. The lowest BCUT2D eigenvalue weighted by atomic mass is 10.0. The van der Waals surface area contributed by atoms with E-state index < -0.39 is 0 Å². The molecule has 3 aromatic carbocycles. The van der Waals surface area contributed by atoms with E-state index in [1.54, 1.807) is 0 Å². The molecule has 0 atom stereocenters. The minimum absolute atomic E-state index is 0.0778. The molecule has 122 valence electrons. The number of hydroxylamine groups is 1. The van der Waals surface area contributed by atoms with Gasteiger partial charge in [0.15, 0.2) is 0 Å². The fraction of sp³-hybridized carbons (Fsp3) is 0.143. The molecule has 0 saturated carbocycles. The average Bonchev–Trinajstić information content (AvgIpc) is 2.67. The lowest BCUT2D eigenvalue weighted by Crippen LogP contribution is -2.24. The van der Waals surface area contributed by atoms with Crippen molar-refractivity contribution in [3.63, 3.8) is 0 Å². The second-order valence-corrected chi connectivity index (χ2v) is 5.38. The Labute approximate surface area is 142 Å². The van der Waals surface area contributed by atoms with E-state index in [1.165, 1.54) is 0 Å². The van der Waals surface area contributed by atoms with Crippen LogP contribution in [-0.4, -0.2) is 13.2 Å². The minimum Gasteiger partial charge on any atom is -0.409 e. The molecule has 0 heterocycles. The van der Waals surface area contributed by atoms with Crippen molar-refractivity contribution in [2.24, 2.45) is 0 Å². The molecule has 0 aliphatic heterocycles. The summed E-state index contributed by atoms with van der Waals surface area (Å²) in [5.74, 6) is 0.792. The molecule has 3 nitrogen and oxygen atoms in total. The van der Waals surface area contributed by atoms with Crippen LogP contribution in [0.5, 0.6) is 5.75 Å². The van der Waals surface area contributed by atoms with E-state index in [9.17, 15) is 0 Å². The highest BCUT2D eigenvalue weighted by molar-refractivity contribution is 5.29. The second-order valence-electron chi connectivity index (χ2n) is 5.38. The van der Waals surface area contributed by atoms with Gasteiger partial charge in [0.2, 0.25) is 0 Å². The molecule has 0 spiro atoms. The molecule has 0 amide bonds. The molecular weight excluding hydrogens is 298 g/mol. The van der Waals surface area contributed by atoms with Crippen LogP contribution in [0.25, 0.3) is 0 Å². The van der Waals surface area contributed by atoms with Crippen molar-refractivity contribution in [2.45, 2.75) is 6.10 Å². The van der Waals surface area contributed by atoms with Crippen LogP contribution < -0.4 is 10.3 Å². The Balaban J connectivity index is 1.55. The third-order valence-corrected chi connectivity index (χ3v) is 3.63. The SMILES string of the molecule is c1ccc(ONCCOC(c2ccccc2)c2ccccc2)cc1. The van der Waals surface area contributed by atoms with Gasteiger partial charge in [-0.05, 0) is 23.3 Å². The Morgan fingerprint density at radius 2 is 1.17 bits per heavy atom. The highest BCUT2D eigenvalue weighted by Gasteiger charge is 2.13. The maximum absolute atomic E-state index is 6.11. The van der Waals surface area contributed by atoms with Gasteiger partial charge in [0.05, 0.1) is 13.2 Å². The van der Waals surface area contributed by atoms with Crippen LogP contribution in [0.1, 0.15) is 17.2 Å². The zero-order valence-electron chi connectivity index (χ0n) is 13.5. The van der Waals surface area contributed by atoms with Crippen molar-refractivity contribution >= 4 is 0 Å². The smallest absolute Gasteiger partial charge is 0.147 e. The number of rotatable bonds is 8. The van der Waals surface area contributed by atoms with Crippen LogP contribution >= 0.6 is 0 Å². The number of nitrogens with one attached hydrogen (secondary N) is 1. The van der Waals surface area contributed by atoms with E-state index in [4.69, 9.17) is 9.57 Å². The average molecular weight is 319 g/mol. The molecule has 3 rings (SSSR count). The maximum Gasteiger partial charge on any atom is 0.147 e. The number of benzene rings is 3. The molecular formula is C21H21NO2. The van der Waals surface area contributed by atoms with Gasteiger partial charge in [-0.2, -0.15) is 5.48 Å². The van der Waals surface area contributed by atoms with Crippen LogP contribution in [0.15, 0.2) is 91.0 Å². The van der Waals surface area contributed by atoms with Gasteiger partial charge < -0.3 is 9.57 Å². The van der Waals surface area contributed by atoms with E-state index in [0.29, 0.717) is 13.2 Å². The number of para-hydroxylation sites is 1. The van der Waals surface area contributed by atoms with E-state index in [0.717, 1.165) is 16.9 Å². The Morgan fingerprint density at radius 1 is 0.667 bits per heavy atom. The highest BCUT2D eigenvalue weighted by atomic mass is 16.6. The minimum atomic E-state index is -0.0778. The van der Waals surface area contributed by atoms with Crippen LogP contribution in [0.4, 0.5) is 0 Å². The van der Waals surface area contributed by atoms with Gasteiger partial charge in [-0.15, -0.1) is 0 Å². The predicted octanol–water partition coefficient (Wildman–Crippen LogP) is 4.38. The Kier molecular flexibility index (Phi) is 6.00. The summed E-state index contributed by atoms with van der Waals surface area (Å²) in [5.41, 5.74) is 5.23. The number of ether oxygens (including phenoxy) is 1. The molecule has 0 saturated heterocycles. The number of hydrogen-bond acceptors (Lipinski definition) is 3. The molecule has 0 aliphatic rings. The van der Waals surface area contributed by atoms with Crippen molar-refractivity contribution in [3.05, 3.63) is 102 Å². The van der Waals surface area contributed by atoms with Crippen LogP contribution in [0.3, 0.4) is 0 Å². The summed E-state index contributed by atoms with van der Waals surface area (Å²) >= 11 is 0. The quantitative estimate of drug-likeness (QED) is 0.494. The number of hydrogen-bond donors (Lipinski definition) is 1. The third kappa shape index (κ3) is 4.69. The normalized spacial score (nSPS) is 10.7. The molecule has 0 radical (unpaired) electrons. The van der Waals surface area contributed by atoms with E-state index >= 15 is 0 Å². The molecule has 3 heteroatoms. The van der Waals surface area contributed by atoms with Crippen molar-refractivity contribution < 1.29 is 9.57 Å². The van der Waals surface area contributed by atoms with Crippen molar-refractivity contribution in [3.8, 4) is 5.75 Å². The third-order valence-electron chi connectivity index (χ3n) is 3.63. The molecule has 0 fully saturated rings. The first-order valence-electron chi connectivity index (χ1n) is 8.10. The van der Waals surface area contributed by atoms with Gasteiger partial charge in [-0.3, -0.25) is 0 Å². The summed E-state index contributed by atoms with van der Waals surface area (Å²) in [6, 6.07) is 30.2. The topological polar surface area (TPSA) is 30.5 Å². The zero-order chi connectivity index (χ0) is 16.5. The first-order chi connectivity index (χ1) is 11.9. The molecule has 0 aromatic heterocycles. The maximum atomic E-state index is 6.11. The molecule has 24 heavy (non-hydrogen) atoms. The molecule has 3 aromatic rings. The molecule has 0 aliphatic carbocycles. The van der Waals surface area contributed by atoms with Crippen LogP contribution in [0.2, 0.25) is 0 Å². The van der Waals surface area contributed by atoms with Gasteiger partial charge >= 0.3 is 0 Å². The van der Waals surface area contributed by atoms with Gasteiger partial charge in [0.25, 0.3) is 0 Å². The lowest BCUT2D eigenvalue weighted by molar-refractivity contribution is 0.0616. The predicted molar refractivity (Wildman–Crippen MR) is 95.8 cm³/mol. The van der Waals surface area contributed by atoms with Crippen molar-refractivity contribution in [1.29, 1.82) is 0 Å². The van der Waals surface area contributed by atoms with Crippen LogP contribution in [-0.2, 0) is 4.74 Å². The molecule has 0 unspecified atom stereocenters. The fourth-order valence-electron chi connectivity index (χ4n) is 2.48. The monoisotopic (exact) mass is 319 g/mol. The second kappa shape index (κ2) is 8.87. The lowest BCUT2D eigenvalue weighted by Gasteiger charge is -2.19. The van der Waals surface area contributed by atoms with E-state index in [1.807, 2.05) is 66.7 Å². The summed E-state index contributed by atoms with van der Waals surface area (Å²) in [5, 5.41) is 0. The van der Waals surface area contributed by atoms with E-state index in [2.05, 4.69) is 29.7 Å². The standard InChI is InChI=1S/C21H21NO2/c1-4-10-18(11-5-1)21(19-12-6-2-7-13-19)23-17-16-22-24-20-14-8-3-9-15-20/h1-15,21-22H,16-17H2. The summed E-state index contributed by atoms with van der Waals surface area (Å²) in [6.07, 6.45) is -0.0778. The van der Waals surface area contributed by atoms with Gasteiger partial charge in [0, 0.05) is 0 Å². The summed E-state index contributed by atoms with van der Waals surface area (Å²) in [4.78, 5) is 5.47. The first-order valence-corrected chi connectivity index (χ1v) is 8.10. The van der Waals surface area contributed by atoms with Crippen LogP contribution in [0, 0.1) is 0 Å². The zero-order valence-corrected chi connectivity index (χ0v) is 13.5. The Hall–Kier alpha value is -2.62. The molecule has 0 bridgehead atoms. The van der Waals surface area contributed by atoms with Gasteiger partial charge in [-0.1, -0.05) is 78.9 Å². The Morgan fingerprint density at radius 3 is 1.71 bits per heavy atom. The Bertz CT molecular complexity index is 662. The van der Waals surface area contributed by atoms with Crippen molar-refractivity contribution in [2.75, 3.05) is 13.2 Å². The summed E-state index contributed by atoms with van der Waals surface area (Å²) < 4.78 is 6.11. The summed E-state index contributed by atoms with van der Waals surface area (Å²) in [7, 11) is 0. The molecule has 1 N–H and O–H groups in total. The largest absolute Gasteiger partial charge is 0.409 e. The fourth-order valence-corrected chi connectivity index (χ4v) is 2.48. The van der Waals surface area contributed by atoms with E-state index in [-0.39, 0.29) is 6.10 Å². The first kappa shape index (κ1) is 16.2.